The molecule has 4 N–H and O–H groups in total. The van der Waals surface area contributed by atoms with Gasteiger partial charge in [-0.05, 0) is 17.9 Å². The number of amidine groups is 1. The maximum atomic E-state index is 14.3. The topological polar surface area (TPSA) is 85.3 Å². The Morgan fingerprint density at radius 2 is 2.12 bits per heavy atom. The van der Waals surface area contributed by atoms with Crippen LogP contribution in [0.5, 0.6) is 0 Å². The van der Waals surface area contributed by atoms with Crippen molar-refractivity contribution in [3.05, 3.63) is 41.5 Å². The number of hydrogen-bond acceptors (Lipinski definition) is 5. The van der Waals surface area contributed by atoms with Crippen LogP contribution in [-0.4, -0.2) is 40.1 Å². The number of H-pyrrole nitrogens is 1. The third-order valence-electron chi connectivity index (χ3n) is 4.42. The van der Waals surface area contributed by atoms with Crippen molar-refractivity contribution >= 4 is 16.9 Å². The summed E-state index contributed by atoms with van der Waals surface area (Å²) in [4.78, 5) is 11.3. The molecule has 0 spiro atoms. The summed E-state index contributed by atoms with van der Waals surface area (Å²) in [5, 5.41) is 15.9. The van der Waals surface area contributed by atoms with E-state index in [1.807, 2.05) is 20.8 Å². The van der Waals surface area contributed by atoms with Crippen molar-refractivity contribution in [3.8, 4) is 0 Å². The molecule has 0 bridgehead atoms. The van der Waals surface area contributed by atoms with Crippen LogP contribution in [0, 0.1) is 11.2 Å². The summed E-state index contributed by atoms with van der Waals surface area (Å²) in [6.07, 6.45) is 3.27. The van der Waals surface area contributed by atoms with Crippen molar-refractivity contribution < 1.29 is 13.9 Å². The standard InChI is InChI=1S/C18H23F2N5O/c1-18(2,3)14(4-5-26)24-17-13(20)9-23-16(25-17)12-8-22-15-11(12)6-10(19)7-21-15/h6-8,14,24,26H,4-5,9H2,1-3H3,(H,21,22)(H,23,25)/t14-/m1/s1. The summed E-state index contributed by atoms with van der Waals surface area (Å²) in [6.45, 7) is 6.01. The Labute approximate surface area is 150 Å². The molecule has 6 nitrogen and oxygen atoms in total. The highest BCUT2D eigenvalue weighted by Crippen LogP contribution is 2.25. The first-order valence-electron chi connectivity index (χ1n) is 8.51. The first-order chi connectivity index (χ1) is 12.3. The van der Waals surface area contributed by atoms with Crippen LogP contribution in [0.3, 0.4) is 0 Å². The molecule has 0 aromatic carbocycles. The number of aliphatic hydroxyl groups excluding tert-OH is 1. The Balaban J connectivity index is 1.94. The first-order valence-corrected chi connectivity index (χ1v) is 8.51. The largest absolute Gasteiger partial charge is 0.396 e. The molecule has 2 aromatic rings. The van der Waals surface area contributed by atoms with E-state index < -0.39 is 11.6 Å². The molecule has 3 rings (SSSR count). The highest BCUT2D eigenvalue weighted by Gasteiger charge is 2.27. The summed E-state index contributed by atoms with van der Waals surface area (Å²) in [5.41, 5.74) is 0.960. The smallest absolute Gasteiger partial charge is 0.162 e. The molecule has 0 saturated heterocycles. The van der Waals surface area contributed by atoms with Gasteiger partial charge in [0, 0.05) is 29.8 Å². The van der Waals surface area contributed by atoms with Gasteiger partial charge >= 0.3 is 0 Å². The number of nitrogens with one attached hydrogen (secondary N) is 3. The van der Waals surface area contributed by atoms with Gasteiger partial charge in [0.05, 0.1) is 12.7 Å². The van der Waals surface area contributed by atoms with Crippen molar-refractivity contribution in [2.45, 2.75) is 33.2 Å². The number of aliphatic hydroxyl groups is 1. The van der Waals surface area contributed by atoms with Gasteiger partial charge in [-0.2, -0.15) is 0 Å². The molecule has 0 unspecified atom stereocenters. The van der Waals surface area contributed by atoms with E-state index in [2.05, 4.69) is 25.6 Å². The van der Waals surface area contributed by atoms with Crippen molar-refractivity contribution in [2.24, 2.45) is 10.4 Å². The van der Waals surface area contributed by atoms with E-state index in [4.69, 9.17) is 0 Å². The van der Waals surface area contributed by atoms with Crippen LogP contribution in [0.4, 0.5) is 8.78 Å². The Hall–Kier alpha value is -2.48. The SMILES string of the molecule is CC(C)(C)[C@@H](CCO)NC1=C(F)CNC(c2c[nH]c3ncc(F)cc23)=N1. The molecule has 1 aliphatic heterocycles. The minimum atomic E-state index is -0.453. The average Bonchev–Trinajstić information content (AvgIpc) is 2.98. The first kappa shape index (κ1) is 18.3. The fourth-order valence-electron chi connectivity index (χ4n) is 2.91. The maximum absolute atomic E-state index is 14.3. The molecule has 0 saturated carbocycles. The number of aromatic nitrogens is 2. The number of hydrogen-bond donors (Lipinski definition) is 4. The van der Waals surface area contributed by atoms with Gasteiger partial charge in [0.2, 0.25) is 0 Å². The number of pyridine rings is 1. The van der Waals surface area contributed by atoms with Crippen molar-refractivity contribution in [1.29, 1.82) is 0 Å². The quantitative estimate of drug-likeness (QED) is 0.658. The van der Waals surface area contributed by atoms with E-state index in [0.29, 0.717) is 28.9 Å². The van der Waals surface area contributed by atoms with Crippen LogP contribution < -0.4 is 10.6 Å². The van der Waals surface area contributed by atoms with Crippen LogP contribution in [0.1, 0.15) is 32.8 Å². The molecular weight excluding hydrogens is 340 g/mol. The summed E-state index contributed by atoms with van der Waals surface area (Å²) in [6, 6.07) is 1.21. The minimum absolute atomic E-state index is 0.00789. The summed E-state index contributed by atoms with van der Waals surface area (Å²) >= 11 is 0. The lowest BCUT2D eigenvalue weighted by Gasteiger charge is -2.33. The van der Waals surface area contributed by atoms with Crippen LogP contribution in [0.2, 0.25) is 0 Å². The number of fused-ring (bicyclic) bond motifs is 1. The molecule has 1 atom stereocenters. The maximum Gasteiger partial charge on any atom is 0.162 e. The van der Waals surface area contributed by atoms with Gasteiger partial charge in [-0.25, -0.2) is 18.8 Å². The zero-order valence-electron chi connectivity index (χ0n) is 15.0. The second kappa shape index (κ2) is 7.03. The van der Waals surface area contributed by atoms with Gasteiger partial charge in [-0.3, -0.25) is 0 Å². The van der Waals surface area contributed by atoms with Crippen LogP contribution in [-0.2, 0) is 0 Å². The van der Waals surface area contributed by atoms with E-state index in [1.165, 1.54) is 6.07 Å². The number of nitrogens with zero attached hydrogens (tertiary/aromatic N) is 2. The highest BCUT2D eigenvalue weighted by atomic mass is 19.1. The molecule has 0 aliphatic carbocycles. The highest BCUT2D eigenvalue weighted by molar-refractivity contribution is 6.09. The molecule has 26 heavy (non-hydrogen) atoms. The molecule has 3 heterocycles. The lowest BCUT2D eigenvalue weighted by Crippen LogP contribution is -2.42. The third-order valence-corrected chi connectivity index (χ3v) is 4.42. The van der Waals surface area contributed by atoms with Crippen LogP contribution in [0.25, 0.3) is 11.0 Å². The Bertz CT molecular complexity index is 866. The Kier molecular flexibility index (Phi) is 4.95. The van der Waals surface area contributed by atoms with E-state index in [1.54, 1.807) is 6.20 Å². The summed E-state index contributed by atoms with van der Waals surface area (Å²) in [5.74, 6) is -0.300. The van der Waals surface area contributed by atoms with Gasteiger partial charge < -0.3 is 20.7 Å². The van der Waals surface area contributed by atoms with E-state index in [0.717, 1.165) is 6.20 Å². The van der Waals surface area contributed by atoms with Gasteiger partial charge in [-0.1, -0.05) is 20.8 Å². The van der Waals surface area contributed by atoms with Crippen molar-refractivity contribution in [3.63, 3.8) is 0 Å². The molecule has 0 radical (unpaired) electrons. The number of aliphatic imine (C=N–C) groups is 1. The number of aromatic amines is 1. The lowest BCUT2D eigenvalue weighted by atomic mass is 9.85. The zero-order chi connectivity index (χ0) is 18.9. The third kappa shape index (κ3) is 3.70. The van der Waals surface area contributed by atoms with Gasteiger partial charge in [0.25, 0.3) is 0 Å². The molecule has 1 aliphatic rings. The molecular formula is C18H23F2N5O. The van der Waals surface area contributed by atoms with Crippen LogP contribution in [0.15, 0.2) is 35.1 Å². The molecule has 8 heteroatoms. The molecule has 0 amide bonds. The molecule has 0 fully saturated rings. The zero-order valence-corrected chi connectivity index (χ0v) is 15.0. The molecule has 2 aromatic heterocycles. The lowest BCUT2D eigenvalue weighted by molar-refractivity contribution is 0.204. The van der Waals surface area contributed by atoms with Gasteiger partial charge in [0.15, 0.2) is 11.6 Å². The normalized spacial score (nSPS) is 16.5. The van der Waals surface area contributed by atoms with Gasteiger partial charge in [-0.15, -0.1) is 0 Å². The van der Waals surface area contributed by atoms with Crippen LogP contribution >= 0.6 is 0 Å². The minimum Gasteiger partial charge on any atom is -0.396 e. The Morgan fingerprint density at radius 3 is 2.81 bits per heavy atom. The average molecular weight is 363 g/mol. The number of rotatable bonds is 5. The van der Waals surface area contributed by atoms with E-state index in [9.17, 15) is 13.9 Å². The fraction of sp³-hybridized carbons (Fsp3) is 0.444. The predicted octanol–water partition coefficient (Wildman–Crippen LogP) is 2.58. The second-order valence-electron chi connectivity index (χ2n) is 7.39. The summed E-state index contributed by atoms with van der Waals surface area (Å²) in [7, 11) is 0. The number of halogens is 2. The monoisotopic (exact) mass is 363 g/mol. The molecule has 140 valence electrons. The summed E-state index contributed by atoms with van der Waals surface area (Å²) < 4.78 is 27.9. The van der Waals surface area contributed by atoms with Crippen molar-refractivity contribution in [2.75, 3.05) is 13.2 Å². The van der Waals surface area contributed by atoms with Gasteiger partial charge in [0.1, 0.15) is 17.3 Å². The predicted molar refractivity (Wildman–Crippen MR) is 96.8 cm³/mol. The van der Waals surface area contributed by atoms with Crippen molar-refractivity contribution in [1.82, 2.24) is 20.6 Å². The second-order valence-corrected chi connectivity index (χ2v) is 7.39. The Morgan fingerprint density at radius 1 is 1.35 bits per heavy atom. The fourth-order valence-corrected chi connectivity index (χ4v) is 2.91. The van der Waals surface area contributed by atoms with E-state index in [-0.39, 0.29) is 30.4 Å². The van der Waals surface area contributed by atoms with E-state index >= 15 is 0 Å².